The molecule has 3 rings (SSSR count). The number of hydrogen-bond donors (Lipinski definition) is 2. The van der Waals surface area contributed by atoms with Crippen LogP contribution in [-0.4, -0.2) is 21.1 Å². The molecule has 1 aromatic carbocycles. The summed E-state index contributed by atoms with van der Waals surface area (Å²) in [6.07, 6.45) is 3.44. The van der Waals surface area contributed by atoms with Gasteiger partial charge in [-0.3, -0.25) is 14.9 Å². The van der Waals surface area contributed by atoms with Gasteiger partial charge in [0.1, 0.15) is 0 Å². The van der Waals surface area contributed by atoms with E-state index in [1.165, 1.54) is 0 Å². The van der Waals surface area contributed by atoms with E-state index in [1.54, 1.807) is 12.4 Å². The molecule has 2 aromatic heterocycles. The Morgan fingerprint density at radius 2 is 2.11 bits per heavy atom. The molecule has 2 heterocycles. The van der Waals surface area contributed by atoms with E-state index in [0.717, 1.165) is 16.6 Å². The number of carbonyl (C=O) groups excluding carboxylic acids is 1. The second-order valence-electron chi connectivity index (χ2n) is 4.21. The molecule has 0 bridgehead atoms. The summed E-state index contributed by atoms with van der Waals surface area (Å²) in [5.74, 6) is -0.107. The van der Waals surface area contributed by atoms with E-state index in [4.69, 9.17) is 0 Å². The first-order valence-electron chi connectivity index (χ1n) is 5.94. The maximum atomic E-state index is 11.8. The highest BCUT2D eigenvalue weighted by atomic mass is 16.1. The lowest BCUT2D eigenvalue weighted by Crippen LogP contribution is -2.14. The second-order valence-corrected chi connectivity index (χ2v) is 4.21. The van der Waals surface area contributed by atoms with Crippen LogP contribution in [0.1, 0.15) is 5.69 Å². The fourth-order valence-electron chi connectivity index (χ4n) is 1.90. The van der Waals surface area contributed by atoms with E-state index in [-0.39, 0.29) is 12.3 Å². The van der Waals surface area contributed by atoms with Crippen LogP contribution < -0.4 is 5.32 Å². The van der Waals surface area contributed by atoms with Crippen LogP contribution in [0.5, 0.6) is 0 Å². The van der Waals surface area contributed by atoms with Gasteiger partial charge in [-0.1, -0.05) is 24.3 Å². The lowest BCUT2D eigenvalue weighted by Gasteiger charge is -2.03. The Morgan fingerprint density at radius 1 is 1.21 bits per heavy atom. The van der Waals surface area contributed by atoms with Gasteiger partial charge >= 0.3 is 0 Å². The van der Waals surface area contributed by atoms with Gasteiger partial charge in [-0.25, -0.2) is 0 Å². The molecule has 19 heavy (non-hydrogen) atoms. The van der Waals surface area contributed by atoms with Crippen LogP contribution in [0, 0.1) is 0 Å². The predicted octanol–water partition coefficient (Wildman–Crippen LogP) is 2.14. The maximum absolute atomic E-state index is 11.8. The number of H-pyrrole nitrogens is 1. The molecule has 0 fully saturated rings. The van der Waals surface area contributed by atoms with Crippen molar-refractivity contribution in [1.82, 2.24) is 15.2 Å². The third kappa shape index (κ3) is 2.60. The van der Waals surface area contributed by atoms with Crippen molar-refractivity contribution in [2.75, 3.05) is 5.32 Å². The highest BCUT2D eigenvalue weighted by molar-refractivity contribution is 5.92. The Morgan fingerprint density at radius 3 is 2.95 bits per heavy atom. The molecule has 0 radical (unpaired) electrons. The summed E-state index contributed by atoms with van der Waals surface area (Å²) >= 11 is 0. The molecule has 0 atom stereocenters. The van der Waals surface area contributed by atoms with E-state index in [9.17, 15) is 4.79 Å². The van der Waals surface area contributed by atoms with Gasteiger partial charge in [-0.05, 0) is 12.1 Å². The van der Waals surface area contributed by atoms with Crippen LogP contribution in [0.15, 0.2) is 48.8 Å². The molecule has 0 spiro atoms. The zero-order chi connectivity index (χ0) is 13.1. The van der Waals surface area contributed by atoms with Crippen molar-refractivity contribution in [3.63, 3.8) is 0 Å². The van der Waals surface area contributed by atoms with E-state index < -0.39 is 0 Å². The average Bonchev–Trinajstić information content (AvgIpc) is 2.91. The van der Waals surface area contributed by atoms with Gasteiger partial charge in [0.15, 0.2) is 0 Å². The first kappa shape index (κ1) is 11.4. The summed E-state index contributed by atoms with van der Waals surface area (Å²) < 4.78 is 0. The number of nitrogens with zero attached hydrogens (tertiary/aromatic N) is 2. The number of para-hydroxylation sites is 1. The quantitative estimate of drug-likeness (QED) is 0.750. The number of pyridine rings is 1. The number of nitrogens with one attached hydrogen (secondary N) is 2. The molecule has 5 heteroatoms. The van der Waals surface area contributed by atoms with Crippen LogP contribution in [0.25, 0.3) is 10.9 Å². The fraction of sp³-hybridized carbons (Fsp3) is 0.0714. The van der Waals surface area contributed by atoms with Crippen LogP contribution in [0.4, 0.5) is 5.69 Å². The zero-order valence-corrected chi connectivity index (χ0v) is 10.1. The van der Waals surface area contributed by atoms with Crippen LogP contribution in [0.3, 0.4) is 0 Å². The van der Waals surface area contributed by atoms with Gasteiger partial charge in [0.05, 0.1) is 29.5 Å². The molecule has 3 aromatic rings. The van der Waals surface area contributed by atoms with Crippen molar-refractivity contribution in [1.29, 1.82) is 0 Å². The molecular weight excluding hydrogens is 240 g/mol. The molecule has 0 saturated carbocycles. The van der Waals surface area contributed by atoms with Crippen molar-refractivity contribution >= 4 is 22.5 Å². The third-order valence-corrected chi connectivity index (χ3v) is 2.78. The molecule has 94 valence electrons. The number of aromatic amines is 1. The predicted molar refractivity (Wildman–Crippen MR) is 72.7 cm³/mol. The summed E-state index contributed by atoms with van der Waals surface area (Å²) in [5, 5.41) is 10.2. The maximum Gasteiger partial charge on any atom is 0.230 e. The summed E-state index contributed by atoms with van der Waals surface area (Å²) in [4.78, 5) is 16.3. The SMILES string of the molecule is O=C(Cc1ccc2ccccc2n1)Nc1cn[nH]c1. The van der Waals surface area contributed by atoms with Crippen LogP contribution >= 0.6 is 0 Å². The van der Waals surface area contributed by atoms with Crippen molar-refractivity contribution < 1.29 is 4.79 Å². The highest BCUT2D eigenvalue weighted by Gasteiger charge is 2.06. The third-order valence-electron chi connectivity index (χ3n) is 2.78. The Bertz CT molecular complexity index is 706. The Kier molecular flexibility index (Phi) is 2.94. The van der Waals surface area contributed by atoms with Gasteiger partial charge in [-0.15, -0.1) is 0 Å². The van der Waals surface area contributed by atoms with Gasteiger partial charge in [0.2, 0.25) is 5.91 Å². The van der Waals surface area contributed by atoms with Gasteiger partial charge < -0.3 is 5.32 Å². The van der Waals surface area contributed by atoms with Gasteiger partial charge in [0.25, 0.3) is 0 Å². The minimum absolute atomic E-state index is 0.107. The average molecular weight is 252 g/mol. The van der Waals surface area contributed by atoms with E-state index in [0.29, 0.717) is 5.69 Å². The molecule has 1 amide bonds. The number of anilines is 1. The van der Waals surface area contributed by atoms with Crippen molar-refractivity contribution in [3.8, 4) is 0 Å². The molecule has 5 nitrogen and oxygen atoms in total. The van der Waals surface area contributed by atoms with Crippen LogP contribution in [0.2, 0.25) is 0 Å². The van der Waals surface area contributed by atoms with E-state index in [1.807, 2.05) is 36.4 Å². The summed E-state index contributed by atoms with van der Waals surface area (Å²) in [7, 11) is 0. The lowest BCUT2D eigenvalue weighted by atomic mass is 10.2. The van der Waals surface area contributed by atoms with Gasteiger partial charge in [0, 0.05) is 11.6 Å². The summed E-state index contributed by atoms with van der Waals surface area (Å²) in [5.41, 5.74) is 2.31. The molecular formula is C14H12N4O. The highest BCUT2D eigenvalue weighted by Crippen LogP contribution is 2.12. The Balaban J connectivity index is 1.75. The second kappa shape index (κ2) is 4.89. The standard InChI is InChI=1S/C14H12N4O/c19-14(18-12-8-15-16-9-12)7-11-6-5-10-3-1-2-4-13(10)17-11/h1-6,8-9H,7H2,(H,15,16)(H,18,19). The van der Waals surface area contributed by atoms with Crippen molar-refractivity contribution in [2.45, 2.75) is 6.42 Å². The molecule has 0 aliphatic heterocycles. The molecule has 0 aliphatic rings. The number of amides is 1. The smallest absolute Gasteiger partial charge is 0.230 e. The lowest BCUT2D eigenvalue weighted by molar-refractivity contribution is -0.115. The topological polar surface area (TPSA) is 70.7 Å². The Labute approximate surface area is 109 Å². The number of aromatic nitrogens is 3. The Hall–Kier alpha value is -2.69. The van der Waals surface area contributed by atoms with Gasteiger partial charge in [-0.2, -0.15) is 5.10 Å². The first-order chi connectivity index (χ1) is 9.31. The molecule has 0 unspecified atom stereocenters. The summed E-state index contributed by atoms with van der Waals surface area (Å²) in [6, 6.07) is 11.7. The van der Waals surface area contributed by atoms with E-state index >= 15 is 0 Å². The monoisotopic (exact) mass is 252 g/mol. The number of fused-ring (bicyclic) bond motifs is 1. The minimum Gasteiger partial charge on any atom is -0.323 e. The van der Waals surface area contributed by atoms with Crippen molar-refractivity contribution in [3.05, 3.63) is 54.5 Å². The van der Waals surface area contributed by atoms with E-state index in [2.05, 4.69) is 20.5 Å². The number of carbonyl (C=O) groups is 1. The molecule has 2 N–H and O–H groups in total. The van der Waals surface area contributed by atoms with Crippen LogP contribution in [-0.2, 0) is 11.2 Å². The molecule has 0 saturated heterocycles. The normalized spacial score (nSPS) is 10.5. The number of hydrogen-bond acceptors (Lipinski definition) is 3. The molecule has 0 aliphatic carbocycles. The number of rotatable bonds is 3. The fourth-order valence-corrected chi connectivity index (χ4v) is 1.90. The minimum atomic E-state index is -0.107. The zero-order valence-electron chi connectivity index (χ0n) is 10.1. The summed E-state index contributed by atoms with van der Waals surface area (Å²) in [6.45, 7) is 0. The number of benzene rings is 1. The first-order valence-corrected chi connectivity index (χ1v) is 5.94. The largest absolute Gasteiger partial charge is 0.323 e. The van der Waals surface area contributed by atoms with Crippen molar-refractivity contribution in [2.24, 2.45) is 0 Å².